The lowest BCUT2D eigenvalue weighted by Crippen LogP contribution is -1.83. The van der Waals surface area contributed by atoms with Crippen molar-refractivity contribution in [1.82, 2.24) is 9.38 Å². The zero-order valence-electron chi connectivity index (χ0n) is 5.08. The highest BCUT2D eigenvalue weighted by Gasteiger charge is 1.93. The Morgan fingerprint density at radius 2 is 2.40 bits per heavy atom. The quantitative estimate of drug-likeness (QED) is 0.531. The van der Waals surface area contributed by atoms with Gasteiger partial charge in [0, 0.05) is 6.20 Å². The molecule has 2 aromatic heterocycles. The van der Waals surface area contributed by atoms with Gasteiger partial charge in [-0.15, -0.1) is 0 Å². The van der Waals surface area contributed by atoms with Crippen LogP contribution in [0.25, 0.3) is 5.65 Å². The molecule has 10 heavy (non-hydrogen) atoms. The molecule has 2 aromatic rings. The van der Waals surface area contributed by atoms with Crippen molar-refractivity contribution >= 4 is 5.65 Å². The van der Waals surface area contributed by atoms with E-state index in [2.05, 4.69) is 11.2 Å². The predicted molar refractivity (Wildman–Crippen MR) is 34.0 cm³/mol. The molecule has 0 spiro atoms. The van der Waals surface area contributed by atoms with Crippen LogP contribution in [0.1, 0.15) is 0 Å². The Kier molecular flexibility index (Phi) is 0.974. The first-order valence-corrected chi connectivity index (χ1v) is 2.86. The summed E-state index contributed by atoms with van der Waals surface area (Å²) in [5, 5.41) is 0. The molecule has 2 nitrogen and oxygen atoms in total. The lowest BCUT2D eigenvalue weighted by atomic mass is 10.5. The standard InChI is InChI=1S/C7H4FN2/c8-6-1-2-7-9-3-4-10(7)5-6/h1-3,5H. The Morgan fingerprint density at radius 3 is 3.30 bits per heavy atom. The summed E-state index contributed by atoms with van der Waals surface area (Å²) >= 11 is 0. The van der Waals surface area contributed by atoms with Crippen LogP contribution in [0.2, 0.25) is 0 Å². The number of hydrogen-bond donors (Lipinski definition) is 0. The second-order valence-corrected chi connectivity index (χ2v) is 1.96. The van der Waals surface area contributed by atoms with Crippen LogP contribution in [0, 0.1) is 12.0 Å². The minimum atomic E-state index is -0.276. The third-order valence-corrected chi connectivity index (χ3v) is 1.28. The molecular formula is C7H4FN2. The molecule has 49 valence electrons. The molecule has 0 aliphatic carbocycles. The van der Waals surface area contributed by atoms with Gasteiger partial charge in [0.15, 0.2) is 0 Å². The molecule has 0 aromatic carbocycles. The minimum absolute atomic E-state index is 0.276. The van der Waals surface area contributed by atoms with Crippen molar-refractivity contribution in [3.05, 3.63) is 36.5 Å². The molecule has 3 heteroatoms. The molecular weight excluding hydrogens is 131 g/mol. The molecule has 0 amide bonds. The molecule has 2 rings (SSSR count). The fourth-order valence-corrected chi connectivity index (χ4v) is 0.833. The zero-order chi connectivity index (χ0) is 6.97. The van der Waals surface area contributed by atoms with Crippen molar-refractivity contribution in [3.63, 3.8) is 0 Å². The predicted octanol–water partition coefficient (Wildman–Crippen LogP) is 1.27. The number of pyridine rings is 1. The van der Waals surface area contributed by atoms with Crippen LogP contribution >= 0.6 is 0 Å². The van der Waals surface area contributed by atoms with Gasteiger partial charge in [-0.25, -0.2) is 9.37 Å². The van der Waals surface area contributed by atoms with Gasteiger partial charge in [-0.2, -0.15) is 0 Å². The van der Waals surface area contributed by atoms with Crippen molar-refractivity contribution in [1.29, 1.82) is 0 Å². The van der Waals surface area contributed by atoms with Crippen LogP contribution in [0.3, 0.4) is 0 Å². The van der Waals surface area contributed by atoms with Gasteiger partial charge in [0.1, 0.15) is 11.5 Å². The summed E-state index contributed by atoms with van der Waals surface area (Å²) < 4.78 is 14.0. The van der Waals surface area contributed by atoms with Gasteiger partial charge >= 0.3 is 0 Å². The summed E-state index contributed by atoms with van der Waals surface area (Å²) in [7, 11) is 0. The average molecular weight is 135 g/mol. The van der Waals surface area contributed by atoms with Gasteiger partial charge in [-0.3, -0.25) is 4.40 Å². The van der Waals surface area contributed by atoms with Gasteiger partial charge in [0.2, 0.25) is 0 Å². The van der Waals surface area contributed by atoms with Crippen LogP contribution in [0.5, 0.6) is 0 Å². The lowest BCUT2D eigenvalue weighted by Gasteiger charge is -1.89. The van der Waals surface area contributed by atoms with Crippen molar-refractivity contribution in [3.8, 4) is 0 Å². The molecule has 2 heterocycles. The van der Waals surface area contributed by atoms with E-state index in [1.54, 1.807) is 6.07 Å². The number of imidazole rings is 1. The topological polar surface area (TPSA) is 17.3 Å². The Bertz CT molecular complexity index is 353. The number of aromatic nitrogens is 2. The van der Waals surface area contributed by atoms with Gasteiger partial charge in [0.25, 0.3) is 0 Å². The van der Waals surface area contributed by atoms with E-state index in [1.807, 2.05) is 0 Å². The first-order valence-electron chi connectivity index (χ1n) is 2.86. The highest BCUT2D eigenvalue weighted by molar-refractivity contribution is 5.36. The van der Waals surface area contributed by atoms with Gasteiger partial charge in [-0.05, 0) is 12.1 Å². The molecule has 0 bridgehead atoms. The summed E-state index contributed by atoms with van der Waals surface area (Å²) in [4.78, 5) is 3.90. The van der Waals surface area contributed by atoms with Crippen molar-refractivity contribution in [2.75, 3.05) is 0 Å². The fraction of sp³-hybridized carbons (Fsp3) is 0. The first-order chi connectivity index (χ1) is 4.86. The summed E-state index contributed by atoms with van der Waals surface area (Å²) in [6.45, 7) is 0. The lowest BCUT2D eigenvalue weighted by molar-refractivity contribution is 0.619. The van der Waals surface area contributed by atoms with Gasteiger partial charge < -0.3 is 0 Å². The number of rotatable bonds is 0. The number of fused-ring (bicyclic) bond motifs is 1. The Hall–Kier alpha value is -1.38. The minimum Gasteiger partial charge on any atom is -0.295 e. The normalized spacial score (nSPS) is 10.5. The molecule has 0 saturated heterocycles. The van der Waals surface area contributed by atoms with Crippen molar-refractivity contribution in [2.24, 2.45) is 0 Å². The van der Waals surface area contributed by atoms with Gasteiger partial charge in [-0.1, -0.05) is 0 Å². The number of halogens is 1. The van der Waals surface area contributed by atoms with Crippen LogP contribution in [0.4, 0.5) is 4.39 Å². The summed E-state index contributed by atoms with van der Waals surface area (Å²) in [6.07, 6.45) is 5.57. The Morgan fingerprint density at radius 1 is 1.50 bits per heavy atom. The van der Waals surface area contributed by atoms with Crippen molar-refractivity contribution < 1.29 is 4.39 Å². The first kappa shape index (κ1) is 5.41. The second-order valence-electron chi connectivity index (χ2n) is 1.96. The average Bonchev–Trinajstić information content (AvgIpc) is 2.33. The van der Waals surface area contributed by atoms with E-state index in [-0.39, 0.29) is 5.82 Å². The third-order valence-electron chi connectivity index (χ3n) is 1.28. The maximum atomic E-state index is 12.4. The van der Waals surface area contributed by atoms with E-state index in [4.69, 9.17) is 0 Å². The molecule has 1 radical (unpaired) electrons. The van der Waals surface area contributed by atoms with E-state index in [1.165, 1.54) is 22.9 Å². The summed E-state index contributed by atoms with van der Waals surface area (Å²) in [5.41, 5.74) is 0.710. The molecule has 0 aliphatic rings. The Balaban J connectivity index is 2.86. The van der Waals surface area contributed by atoms with Crippen LogP contribution in [-0.2, 0) is 0 Å². The third kappa shape index (κ3) is 0.673. The number of hydrogen-bond acceptors (Lipinski definition) is 1. The molecule has 0 fully saturated rings. The summed E-state index contributed by atoms with van der Waals surface area (Å²) in [5.74, 6) is -0.276. The summed E-state index contributed by atoms with van der Waals surface area (Å²) in [6, 6.07) is 2.97. The van der Waals surface area contributed by atoms with Crippen molar-refractivity contribution in [2.45, 2.75) is 0 Å². The Labute approximate surface area is 56.9 Å². The number of nitrogens with zero attached hydrogens (tertiary/aromatic N) is 2. The van der Waals surface area contributed by atoms with Crippen LogP contribution in [-0.4, -0.2) is 9.38 Å². The molecule has 0 atom stereocenters. The monoisotopic (exact) mass is 135 g/mol. The maximum Gasteiger partial charge on any atom is 0.139 e. The fourth-order valence-electron chi connectivity index (χ4n) is 0.833. The van der Waals surface area contributed by atoms with E-state index in [0.717, 1.165) is 0 Å². The van der Waals surface area contributed by atoms with Crippen LogP contribution < -0.4 is 0 Å². The van der Waals surface area contributed by atoms with E-state index >= 15 is 0 Å². The van der Waals surface area contributed by atoms with E-state index in [0.29, 0.717) is 5.65 Å². The molecule has 0 aliphatic heterocycles. The second kappa shape index (κ2) is 1.80. The maximum absolute atomic E-state index is 12.4. The highest BCUT2D eigenvalue weighted by Crippen LogP contribution is 2.01. The molecule has 0 saturated carbocycles. The van der Waals surface area contributed by atoms with E-state index < -0.39 is 0 Å². The molecule has 0 N–H and O–H groups in total. The zero-order valence-corrected chi connectivity index (χ0v) is 5.08. The SMILES string of the molecule is Fc1ccc2nc[c]n2c1. The largest absolute Gasteiger partial charge is 0.295 e. The van der Waals surface area contributed by atoms with Gasteiger partial charge in [0.05, 0.1) is 12.4 Å². The van der Waals surface area contributed by atoms with Crippen LogP contribution in [0.15, 0.2) is 24.5 Å². The highest BCUT2D eigenvalue weighted by atomic mass is 19.1. The molecule has 0 unspecified atom stereocenters. The van der Waals surface area contributed by atoms with E-state index in [9.17, 15) is 4.39 Å². The smallest absolute Gasteiger partial charge is 0.139 e.